The zero-order valence-electron chi connectivity index (χ0n) is 25.4. The molecule has 0 aliphatic heterocycles. The molecule has 0 fully saturated rings. The molecule has 1 aliphatic rings. The van der Waals surface area contributed by atoms with Gasteiger partial charge in [-0.3, -0.25) is 0 Å². The Morgan fingerprint density at radius 2 is 1.17 bits per heavy atom. The minimum absolute atomic E-state index is 0.0775. The maximum atomic E-state index is 10.1. The third-order valence-corrected chi connectivity index (χ3v) is 9.88. The van der Waals surface area contributed by atoms with Crippen LogP contribution in [0.4, 0.5) is 0 Å². The van der Waals surface area contributed by atoms with Gasteiger partial charge in [-0.2, -0.15) is 5.26 Å². The molecule has 0 amide bonds. The molecular weight excluding hydrogens is 574 g/mol. The van der Waals surface area contributed by atoms with E-state index in [9.17, 15) is 5.26 Å². The van der Waals surface area contributed by atoms with Crippen molar-refractivity contribution in [2.75, 3.05) is 0 Å². The number of nitriles is 1. The van der Waals surface area contributed by atoms with E-state index in [1.807, 2.05) is 12.1 Å². The fourth-order valence-corrected chi connectivity index (χ4v) is 7.88. The number of hydrogen-bond donors (Lipinski definition) is 0. The lowest BCUT2D eigenvalue weighted by Gasteiger charge is -2.23. The van der Waals surface area contributed by atoms with E-state index in [-0.39, 0.29) is 5.92 Å². The zero-order valence-corrected chi connectivity index (χ0v) is 25.4. The fourth-order valence-electron chi connectivity index (χ4n) is 7.88. The molecule has 220 valence electrons. The molecule has 1 aliphatic carbocycles. The summed E-state index contributed by atoms with van der Waals surface area (Å²) in [7, 11) is 0. The third kappa shape index (κ3) is 3.75. The standard InChI is InChI=1S/C43H27N3O/c44-26-27-23-29(25-31(24-27)46-36-13-5-1-9-32(36)33-10-2-6-14-37(33)46)28-17-19-30(20-18-28)45-38-15-7-3-11-34(38)42-39(45)21-22-41-43(42)35-12-4-8-16-40(35)47-41/h1-24,29H,25H2. The normalized spacial score (nSPS) is 15.2. The van der Waals surface area contributed by atoms with Gasteiger partial charge in [0.15, 0.2) is 0 Å². The van der Waals surface area contributed by atoms with Gasteiger partial charge in [0, 0.05) is 49.6 Å². The van der Waals surface area contributed by atoms with Crippen LogP contribution in [-0.2, 0) is 0 Å². The molecule has 3 aromatic heterocycles. The number of benzene rings is 6. The molecule has 4 heteroatoms. The van der Waals surface area contributed by atoms with Crippen molar-refractivity contribution < 1.29 is 4.42 Å². The van der Waals surface area contributed by atoms with E-state index in [2.05, 4.69) is 149 Å². The van der Waals surface area contributed by atoms with Gasteiger partial charge in [-0.05, 0) is 66.6 Å². The number of rotatable bonds is 3. The first-order chi connectivity index (χ1) is 23.3. The number of allylic oxidation sites excluding steroid dienone is 4. The second kappa shape index (κ2) is 9.84. The lowest BCUT2D eigenvalue weighted by atomic mass is 9.88. The summed E-state index contributed by atoms with van der Waals surface area (Å²) in [6.45, 7) is 0. The average molecular weight is 602 g/mol. The number of hydrogen-bond acceptors (Lipinski definition) is 2. The van der Waals surface area contributed by atoms with Crippen molar-refractivity contribution in [2.45, 2.75) is 12.3 Å². The Morgan fingerprint density at radius 1 is 0.553 bits per heavy atom. The SMILES string of the molecule is N#CC1=CC(c2ccc(-n3c4ccccc4c4c5c(ccc43)oc3ccccc35)cc2)CC(n2c3ccccc3c3ccccc32)=C1. The first-order valence-corrected chi connectivity index (χ1v) is 16.0. The largest absolute Gasteiger partial charge is 0.456 e. The van der Waals surface area contributed by atoms with Gasteiger partial charge in [0.2, 0.25) is 0 Å². The Balaban J connectivity index is 1.09. The third-order valence-electron chi connectivity index (χ3n) is 9.88. The number of nitrogens with zero attached hydrogens (tertiary/aromatic N) is 3. The Morgan fingerprint density at radius 3 is 1.87 bits per heavy atom. The number of aromatic nitrogens is 2. The highest BCUT2D eigenvalue weighted by Crippen LogP contribution is 2.42. The van der Waals surface area contributed by atoms with Crippen molar-refractivity contribution in [1.29, 1.82) is 5.26 Å². The van der Waals surface area contributed by atoms with Crippen LogP contribution in [-0.4, -0.2) is 9.13 Å². The Labute approximate surface area is 270 Å². The van der Waals surface area contributed by atoms with Crippen LogP contribution in [0.2, 0.25) is 0 Å². The maximum Gasteiger partial charge on any atom is 0.136 e. The van der Waals surface area contributed by atoms with Crippen LogP contribution in [0.5, 0.6) is 0 Å². The van der Waals surface area contributed by atoms with Crippen LogP contribution in [0.3, 0.4) is 0 Å². The van der Waals surface area contributed by atoms with Crippen LogP contribution >= 0.6 is 0 Å². The van der Waals surface area contributed by atoms with E-state index in [1.54, 1.807) is 0 Å². The van der Waals surface area contributed by atoms with E-state index < -0.39 is 0 Å². The van der Waals surface area contributed by atoms with Gasteiger partial charge in [0.1, 0.15) is 11.2 Å². The van der Waals surface area contributed by atoms with E-state index in [0.717, 1.165) is 50.8 Å². The highest BCUT2D eigenvalue weighted by molar-refractivity contribution is 6.27. The summed E-state index contributed by atoms with van der Waals surface area (Å²) in [6, 6.07) is 49.6. The molecule has 47 heavy (non-hydrogen) atoms. The van der Waals surface area contributed by atoms with Crippen molar-refractivity contribution >= 4 is 71.2 Å². The Bertz CT molecular complexity index is 2780. The van der Waals surface area contributed by atoms with Crippen molar-refractivity contribution in [2.24, 2.45) is 0 Å². The van der Waals surface area contributed by atoms with Crippen molar-refractivity contribution in [3.05, 3.63) is 157 Å². The second-order valence-corrected chi connectivity index (χ2v) is 12.4. The van der Waals surface area contributed by atoms with Gasteiger partial charge in [-0.15, -0.1) is 0 Å². The molecule has 0 saturated heterocycles. The highest BCUT2D eigenvalue weighted by atomic mass is 16.3. The van der Waals surface area contributed by atoms with Gasteiger partial charge in [-0.1, -0.05) is 91.0 Å². The van der Waals surface area contributed by atoms with E-state index in [1.165, 1.54) is 38.1 Å². The topological polar surface area (TPSA) is 46.8 Å². The predicted molar refractivity (Wildman–Crippen MR) is 193 cm³/mol. The summed E-state index contributed by atoms with van der Waals surface area (Å²) in [5.74, 6) is 0.0775. The fraction of sp³-hybridized carbons (Fsp3) is 0.0465. The highest BCUT2D eigenvalue weighted by Gasteiger charge is 2.23. The molecule has 1 atom stereocenters. The molecule has 0 radical (unpaired) electrons. The molecule has 0 bridgehead atoms. The lowest BCUT2D eigenvalue weighted by Crippen LogP contribution is -2.08. The number of furan rings is 1. The minimum Gasteiger partial charge on any atom is -0.456 e. The van der Waals surface area contributed by atoms with Crippen LogP contribution in [0.1, 0.15) is 17.9 Å². The molecule has 0 saturated carbocycles. The molecule has 4 nitrogen and oxygen atoms in total. The van der Waals surface area contributed by atoms with Gasteiger partial charge >= 0.3 is 0 Å². The average Bonchev–Trinajstić information content (AvgIpc) is 3.79. The van der Waals surface area contributed by atoms with E-state index in [4.69, 9.17) is 4.42 Å². The summed E-state index contributed by atoms with van der Waals surface area (Å²) in [4.78, 5) is 0. The summed E-state index contributed by atoms with van der Waals surface area (Å²) >= 11 is 0. The summed E-state index contributed by atoms with van der Waals surface area (Å²) < 4.78 is 11.0. The number of para-hydroxylation sites is 4. The molecule has 3 heterocycles. The van der Waals surface area contributed by atoms with Gasteiger partial charge in [0.05, 0.1) is 33.7 Å². The first-order valence-electron chi connectivity index (χ1n) is 16.0. The van der Waals surface area contributed by atoms with E-state index in [0.29, 0.717) is 5.57 Å². The quantitative estimate of drug-likeness (QED) is 0.202. The Hall–Kier alpha value is -6.31. The molecular formula is C43H27N3O. The summed E-state index contributed by atoms with van der Waals surface area (Å²) in [5, 5.41) is 17.3. The van der Waals surface area contributed by atoms with Gasteiger partial charge in [0.25, 0.3) is 0 Å². The summed E-state index contributed by atoms with van der Waals surface area (Å²) in [5.41, 5.74) is 10.6. The molecule has 1 unspecified atom stereocenters. The van der Waals surface area contributed by atoms with Crippen molar-refractivity contribution in [3.8, 4) is 11.8 Å². The summed E-state index contributed by atoms with van der Waals surface area (Å²) in [6.07, 6.45) is 4.98. The molecule has 6 aromatic carbocycles. The monoisotopic (exact) mass is 601 g/mol. The zero-order chi connectivity index (χ0) is 31.1. The van der Waals surface area contributed by atoms with Crippen LogP contribution in [0.15, 0.2) is 156 Å². The molecule has 0 spiro atoms. The molecule has 10 rings (SSSR count). The molecule has 0 N–H and O–H groups in total. The predicted octanol–water partition coefficient (Wildman–Crippen LogP) is 11.3. The minimum atomic E-state index is 0.0775. The van der Waals surface area contributed by atoms with Crippen LogP contribution in [0, 0.1) is 11.3 Å². The number of fused-ring (bicyclic) bond motifs is 10. The van der Waals surface area contributed by atoms with Crippen LogP contribution < -0.4 is 0 Å². The van der Waals surface area contributed by atoms with Gasteiger partial charge < -0.3 is 13.6 Å². The Kier molecular flexibility index (Phi) is 5.44. The van der Waals surface area contributed by atoms with E-state index >= 15 is 0 Å². The molecule has 9 aromatic rings. The van der Waals surface area contributed by atoms with Crippen molar-refractivity contribution in [3.63, 3.8) is 0 Å². The van der Waals surface area contributed by atoms with Crippen LogP contribution in [0.25, 0.3) is 76.9 Å². The maximum absolute atomic E-state index is 10.1. The first kappa shape index (κ1) is 26.0. The smallest absolute Gasteiger partial charge is 0.136 e. The second-order valence-electron chi connectivity index (χ2n) is 12.4. The van der Waals surface area contributed by atoms with Crippen molar-refractivity contribution in [1.82, 2.24) is 9.13 Å². The van der Waals surface area contributed by atoms with Gasteiger partial charge in [-0.25, -0.2) is 0 Å². The lowest BCUT2D eigenvalue weighted by molar-refractivity contribution is 0.669.